The largest absolute Gasteiger partial charge is 0.330 e. The fraction of sp³-hybridized carbons (Fsp3) is 0.400. The summed E-state index contributed by atoms with van der Waals surface area (Å²) in [5, 5.41) is 3.36. The topological polar surface area (TPSA) is 42.1 Å². The van der Waals surface area contributed by atoms with E-state index in [1.807, 2.05) is 6.07 Å². The lowest BCUT2D eigenvalue weighted by molar-refractivity contribution is 0.317. The first-order valence-electron chi connectivity index (χ1n) is 6.77. The Labute approximate surface area is 118 Å². The van der Waals surface area contributed by atoms with Crippen molar-refractivity contribution in [2.24, 2.45) is 11.7 Å². The van der Waals surface area contributed by atoms with Gasteiger partial charge in [-0.15, -0.1) is 11.3 Å². The van der Waals surface area contributed by atoms with Crippen LogP contribution < -0.4 is 5.73 Å². The van der Waals surface area contributed by atoms with Gasteiger partial charge in [0.15, 0.2) is 0 Å². The zero-order chi connectivity index (χ0) is 13.1. The second kappa shape index (κ2) is 5.82. The van der Waals surface area contributed by atoms with Gasteiger partial charge in [-0.1, -0.05) is 30.3 Å². The maximum atomic E-state index is 5.73. The number of aromatic nitrogens is 1. The molecule has 3 nitrogen and oxygen atoms in total. The molecule has 0 saturated carbocycles. The van der Waals surface area contributed by atoms with Crippen LogP contribution in [-0.2, 0) is 6.54 Å². The van der Waals surface area contributed by atoms with Gasteiger partial charge in [-0.2, -0.15) is 0 Å². The van der Waals surface area contributed by atoms with Crippen molar-refractivity contribution in [3.8, 4) is 11.3 Å². The van der Waals surface area contributed by atoms with Crippen molar-refractivity contribution < 1.29 is 0 Å². The Balaban J connectivity index is 1.66. The van der Waals surface area contributed by atoms with Gasteiger partial charge in [-0.25, -0.2) is 4.98 Å². The Bertz CT molecular complexity index is 523. The summed E-state index contributed by atoms with van der Waals surface area (Å²) in [6.07, 6.45) is 1.23. The van der Waals surface area contributed by atoms with Crippen LogP contribution in [0.2, 0.25) is 0 Å². The van der Waals surface area contributed by atoms with Crippen molar-refractivity contribution in [3.63, 3.8) is 0 Å². The van der Waals surface area contributed by atoms with Gasteiger partial charge in [0.2, 0.25) is 0 Å². The van der Waals surface area contributed by atoms with Crippen LogP contribution in [-0.4, -0.2) is 29.5 Å². The number of likely N-dealkylation sites (tertiary alicyclic amines) is 1. The summed E-state index contributed by atoms with van der Waals surface area (Å²) in [5.41, 5.74) is 8.02. The lowest BCUT2D eigenvalue weighted by Crippen LogP contribution is -2.22. The normalized spacial score (nSPS) is 19.9. The molecular weight excluding hydrogens is 254 g/mol. The number of thiazole rings is 1. The molecule has 1 aromatic carbocycles. The van der Waals surface area contributed by atoms with E-state index in [9.17, 15) is 0 Å². The fourth-order valence-electron chi connectivity index (χ4n) is 2.57. The molecule has 0 spiro atoms. The SMILES string of the molecule is NCC1CCN(Cc2nc(-c3ccccc3)cs2)C1. The average molecular weight is 273 g/mol. The molecule has 0 aliphatic carbocycles. The van der Waals surface area contributed by atoms with Crippen LogP contribution in [0.4, 0.5) is 0 Å². The summed E-state index contributed by atoms with van der Waals surface area (Å²) in [6.45, 7) is 4.05. The van der Waals surface area contributed by atoms with Crippen LogP contribution >= 0.6 is 11.3 Å². The van der Waals surface area contributed by atoms with Crippen molar-refractivity contribution in [3.05, 3.63) is 40.7 Å². The summed E-state index contributed by atoms with van der Waals surface area (Å²) in [7, 11) is 0. The van der Waals surface area contributed by atoms with Crippen molar-refractivity contribution >= 4 is 11.3 Å². The molecule has 100 valence electrons. The zero-order valence-electron chi connectivity index (χ0n) is 11.0. The Morgan fingerprint density at radius 2 is 2.16 bits per heavy atom. The van der Waals surface area contributed by atoms with Crippen LogP contribution in [0.1, 0.15) is 11.4 Å². The van der Waals surface area contributed by atoms with Gasteiger partial charge < -0.3 is 5.73 Å². The monoisotopic (exact) mass is 273 g/mol. The lowest BCUT2D eigenvalue weighted by atomic mass is 10.1. The van der Waals surface area contributed by atoms with Gasteiger partial charge in [0.25, 0.3) is 0 Å². The number of hydrogen-bond acceptors (Lipinski definition) is 4. The van der Waals surface area contributed by atoms with Crippen molar-refractivity contribution in [1.29, 1.82) is 0 Å². The molecule has 0 bridgehead atoms. The van der Waals surface area contributed by atoms with Gasteiger partial charge >= 0.3 is 0 Å². The highest BCUT2D eigenvalue weighted by Gasteiger charge is 2.21. The minimum Gasteiger partial charge on any atom is -0.330 e. The molecule has 3 rings (SSSR count). The standard InChI is InChI=1S/C15H19N3S/c16-8-12-6-7-18(9-12)10-15-17-14(11-19-15)13-4-2-1-3-5-13/h1-5,11-12H,6-10,16H2. The highest BCUT2D eigenvalue weighted by atomic mass is 32.1. The summed E-state index contributed by atoms with van der Waals surface area (Å²) < 4.78 is 0. The van der Waals surface area contributed by atoms with Crippen LogP contribution in [0.3, 0.4) is 0 Å². The predicted octanol–water partition coefficient (Wildman–Crippen LogP) is 2.59. The molecule has 1 fully saturated rings. The Kier molecular flexibility index (Phi) is 3.92. The molecule has 1 saturated heterocycles. The van der Waals surface area contributed by atoms with E-state index in [0.29, 0.717) is 5.92 Å². The van der Waals surface area contributed by atoms with Crippen LogP contribution in [0.5, 0.6) is 0 Å². The first-order chi connectivity index (χ1) is 9.35. The molecule has 1 aromatic heterocycles. The van der Waals surface area contributed by atoms with Crippen molar-refractivity contribution in [2.75, 3.05) is 19.6 Å². The van der Waals surface area contributed by atoms with Crippen LogP contribution in [0.25, 0.3) is 11.3 Å². The van der Waals surface area contributed by atoms with E-state index < -0.39 is 0 Å². The molecule has 2 heterocycles. The van der Waals surface area contributed by atoms with E-state index in [2.05, 4.69) is 34.5 Å². The van der Waals surface area contributed by atoms with E-state index in [0.717, 1.165) is 31.9 Å². The Morgan fingerprint density at radius 1 is 1.32 bits per heavy atom. The summed E-state index contributed by atoms with van der Waals surface area (Å²) in [4.78, 5) is 7.20. The summed E-state index contributed by atoms with van der Waals surface area (Å²) in [6, 6.07) is 10.4. The van der Waals surface area contributed by atoms with Gasteiger partial charge in [-0.3, -0.25) is 4.90 Å². The van der Waals surface area contributed by atoms with E-state index in [-0.39, 0.29) is 0 Å². The van der Waals surface area contributed by atoms with E-state index in [4.69, 9.17) is 10.7 Å². The average Bonchev–Trinajstić information content (AvgIpc) is 3.09. The molecule has 0 amide bonds. The minimum atomic E-state index is 0.675. The molecule has 19 heavy (non-hydrogen) atoms. The third-order valence-electron chi connectivity index (χ3n) is 3.68. The third kappa shape index (κ3) is 3.03. The Hall–Kier alpha value is -1.23. The highest BCUT2D eigenvalue weighted by molar-refractivity contribution is 7.09. The summed E-state index contributed by atoms with van der Waals surface area (Å²) >= 11 is 1.76. The molecule has 1 aliphatic heterocycles. The maximum Gasteiger partial charge on any atom is 0.107 e. The minimum absolute atomic E-state index is 0.675. The lowest BCUT2D eigenvalue weighted by Gasteiger charge is -2.13. The molecule has 0 radical (unpaired) electrons. The van der Waals surface area contributed by atoms with Gasteiger partial charge in [0.1, 0.15) is 5.01 Å². The van der Waals surface area contributed by atoms with Crippen molar-refractivity contribution in [1.82, 2.24) is 9.88 Å². The molecule has 2 aromatic rings. The zero-order valence-corrected chi connectivity index (χ0v) is 11.8. The Morgan fingerprint density at radius 3 is 2.89 bits per heavy atom. The molecule has 1 unspecified atom stereocenters. The number of rotatable bonds is 4. The number of benzene rings is 1. The summed E-state index contributed by atoms with van der Waals surface area (Å²) in [5.74, 6) is 0.675. The van der Waals surface area contributed by atoms with Crippen molar-refractivity contribution in [2.45, 2.75) is 13.0 Å². The second-order valence-corrected chi connectivity index (χ2v) is 6.06. The van der Waals surface area contributed by atoms with E-state index >= 15 is 0 Å². The number of nitrogens with zero attached hydrogens (tertiary/aromatic N) is 2. The smallest absolute Gasteiger partial charge is 0.107 e. The molecule has 4 heteroatoms. The van der Waals surface area contributed by atoms with E-state index in [1.165, 1.54) is 17.0 Å². The number of hydrogen-bond donors (Lipinski definition) is 1. The second-order valence-electron chi connectivity index (χ2n) is 5.12. The van der Waals surface area contributed by atoms with Gasteiger partial charge in [0.05, 0.1) is 12.2 Å². The van der Waals surface area contributed by atoms with E-state index in [1.54, 1.807) is 11.3 Å². The molecule has 1 aliphatic rings. The highest BCUT2D eigenvalue weighted by Crippen LogP contribution is 2.24. The van der Waals surface area contributed by atoms with Crippen LogP contribution in [0.15, 0.2) is 35.7 Å². The van der Waals surface area contributed by atoms with Gasteiger partial charge in [0, 0.05) is 17.5 Å². The molecule has 2 N–H and O–H groups in total. The predicted molar refractivity (Wildman–Crippen MR) is 80.0 cm³/mol. The quantitative estimate of drug-likeness (QED) is 0.931. The number of nitrogens with two attached hydrogens (primary N) is 1. The first-order valence-corrected chi connectivity index (χ1v) is 7.65. The molecular formula is C15H19N3S. The maximum absolute atomic E-state index is 5.73. The third-order valence-corrected chi connectivity index (χ3v) is 4.52. The molecule has 1 atom stereocenters. The fourth-order valence-corrected chi connectivity index (χ4v) is 3.41. The first kappa shape index (κ1) is 12.8. The van der Waals surface area contributed by atoms with Gasteiger partial charge in [-0.05, 0) is 25.4 Å². The van der Waals surface area contributed by atoms with Crippen LogP contribution in [0, 0.1) is 5.92 Å².